The molecule has 13 heteroatoms. The van der Waals surface area contributed by atoms with E-state index in [1.54, 1.807) is 24.7 Å². The van der Waals surface area contributed by atoms with Gasteiger partial charge in [0.05, 0.1) is 29.0 Å². The highest BCUT2D eigenvalue weighted by Gasteiger charge is 2.37. The van der Waals surface area contributed by atoms with Crippen molar-refractivity contribution in [2.75, 3.05) is 0 Å². The first-order chi connectivity index (χ1) is 15.8. The Kier molecular flexibility index (Phi) is 6.84. The normalized spacial score (nSPS) is 12.9. The third-order valence-corrected chi connectivity index (χ3v) is 4.45. The molecule has 0 saturated heterocycles. The van der Waals surface area contributed by atoms with Gasteiger partial charge in [0.15, 0.2) is 5.82 Å². The molecule has 0 unspecified atom stereocenters. The molecule has 3 aromatic rings. The van der Waals surface area contributed by atoms with E-state index in [9.17, 15) is 31.1 Å². The number of rotatable bonds is 6. The van der Waals surface area contributed by atoms with Crippen LogP contribution in [0.5, 0.6) is 0 Å². The smallest absolute Gasteiger partial charge is 0.416 e. The van der Waals surface area contributed by atoms with Crippen molar-refractivity contribution in [1.82, 2.24) is 24.5 Å². The molecule has 0 saturated carbocycles. The number of carbonyl (C=O) groups excluding carboxylic acids is 1. The number of alkyl halides is 6. The maximum Gasteiger partial charge on any atom is 0.416 e. The van der Waals surface area contributed by atoms with Gasteiger partial charge in [-0.1, -0.05) is 0 Å². The van der Waals surface area contributed by atoms with Crippen LogP contribution in [0.25, 0.3) is 23.2 Å². The van der Waals surface area contributed by atoms with Gasteiger partial charge in [0.2, 0.25) is 0 Å². The van der Waals surface area contributed by atoms with E-state index in [1.807, 2.05) is 6.92 Å². The molecule has 0 aliphatic rings. The fourth-order valence-electron chi connectivity index (χ4n) is 2.88. The average molecular weight is 487 g/mol. The van der Waals surface area contributed by atoms with Crippen molar-refractivity contribution >= 4 is 17.7 Å². The average Bonchev–Trinajstić information content (AvgIpc) is 3.39. The molecule has 3 rings (SSSR count). The molecule has 0 spiro atoms. The molecule has 0 bridgehead atoms. The van der Waals surface area contributed by atoms with Crippen LogP contribution in [-0.2, 0) is 28.4 Å². The molecule has 7 nitrogen and oxygen atoms in total. The van der Waals surface area contributed by atoms with Crippen LogP contribution in [0.15, 0.2) is 36.9 Å². The summed E-state index contributed by atoms with van der Waals surface area (Å²) < 4.78 is 86.7. The van der Waals surface area contributed by atoms with Crippen molar-refractivity contribution in [2.45, 2.75) is 45.8 Å². The van der Waals surface area contributed by atoms with Gasteiger partial charge < -0.3 is 4.74 Å². The van der Waals surface area contributed by atoms with Crippen LogP contribution < -0.4 is 0 Å². The lowest BCUT2D eigenvalue weighted by atomic mass is 10.0. The van der Waals surface area contributed by atoms with Crippen molar-refractivity contribution < 1.29 is 35.9 Å². The Bertz CT molecular complexity index is 1170. The fraction of sp³-hybridized carbons (Fsp3) is 0.333. The molecule has 1 aromatic carbocycles. The molecular formula is C21H19F6N5O2. The van der Waals surface area contributed by atoms with Gasteiger partial charge in [-0.3, -0.25) is 4.68 Å². The minimum Gasteiger partial charge on any atom is -0.459 e. The molecule has 0 radical (unpaired) electrons. The summed E-state index contributed by atoms with van der Waals surface area (Å²) >= 11 is 0. The number of ether oxygens (including phenoxy) is 1. The van der Waals surface area contributed by atoms with Crippen molar-refractivity contribution in [3.05, 3.63) is 53.6 Å². The summed E-state index contributed by atoms with van der Waals surface area (Å²) in [4.78, 5) is 16.4. The predicted molar refractivity (Wildman–Crippen MR) is 109 cm³/mol. The second kappa shape index (κ2) is 9.31. The molecule has 0 fully saturated rings. The van der Waals surface area contributed by atoms with Crippen LogP contribution in [0.4, 0.5) is 26.3 Å². The SMILES string of the molecule is CCn1cc(/C(=C\n2cnc(-c3cc(C(F)(F)F)cc(C(F)(F)F)c3)n2)C(=O)OC(C)C)cn1. The molecule has 2 heterocycles. The van der Waals surface area contributed by atoms with Gasteiger partial charge in [-0.05, 0) is 39.0 Å². The zero-order chi connectivity index (χ0) is 25.3. The Morgan fingerprint density at radius 2 is 1.71 bits per heavy atom. The van der Waals surface area contributed by atoms with Crippen LogP contribution >= 0.6 is 0 Å². The van der Waals surface area contributed by atoms with E-state index in [-0.39, 0.29) is 11.6 Å². The summed E-state index contributed by atoms with van der Waals surface area (Å²) in [7, 11) is 0. The number of aromatic nitrogens is 5. The maximum atomic E-state index is 13.2. The molecule has 0 aliphatic heterocycles. The summed E-state index contributed by atoms with van der Waals surface area (Å²) in [5.74, 6) is -1.12. The van der Waals surface area contributed by atoms with E-state index in [1.165, 1.54) is 12.4 Å². The number of hydrogen-bond donors (Lipinski definition) is 0. The Hall–Kier alpha value is -3.64. The minimum absolute atomic E-state index is 0.0184. The van der Waals surface area contributed by atoms with Gasteiger partial charge in [-0.25, -0.2) is 14.5 Å². The van der Waals surface area contributed by atoms with Crippen molar-refractivity contribution in [2.24, 2.45) is 0 Å². The highest BCUT2D eigenvalue weighted by Crippen LogP contribution is 2.38. The Balaban J connectivity index is 2.06. The van der Waals surface area contributed by atoms with Crippen LogP contribution in [0, 0.1) is 0 Å². The third kappa shape index (κ3) is 5.83. The van der Waals surface area contributed by atoms with Crippen LogP contribution in [0.1, 0.15) is 37.5 Å². The van der Waals surface area contributed by atoms with Crippen molar-refractivity contribution in [1.29, 1.82) is 0 Å². The van der Waals surface area contributed by atoms with E-state index < -0.39 is 46.9 Å². The van der Waals surface area contributed by atoms with E-state index in [4.69, 9.17) is 4.74 Å². The second-order valence-electron chi connectivity index (χ2n) is 7.42. The third-order valence-electron chi connectivity index (χ3n) is 4.45. The minimum atomic E-state index is -5.01. The predicted octanol–water partition coefficient (Wildman–Crippen LogP) is 5.15. The lowest BCUT2D eigenvalue weighted by Gasteiger charge is -2.13. The molecule has 0 amide bonds. The van der Waals surface area contributed by atoms with Crippen LogP contribution in [0.3, 0.4) is 0 Å². The number of benzene rings is 1. The summed E-state index contributed by atoms with van der Waals surface area (Å²) in [5.41, 5.74) is -3.07. The summed E-state index contributed by atoms with van der Waals surface area (Å²) in [6.45, 7) is 5.65. The number of hydrogen-bond acceptors (Lipinski definition) is 5. The van der Waals surface area contributed by atoms with Gasteiger partial charge in [0.1, 0.15) is 6.33 Å². The Morgan fingerprint density at radius 3 is 2.21 bits per heavy atom. The van der Waals surface area contributed by atoms with Gasteiger partial charge in [0.25, 0.3) is 0 Å². The zero-order valence-corrected chi connectivity index (χ0v) is 18.1. The van der Waals surface area contributed by atoms with Gasteiger partial charge in [-0.2, -0.15) is 31.4 Å². The van der Waals surface area contributed by atoms with Crippen molar-refractivity contribution in [3.63, 3.8) is 0 Å². The first-order valence-corrected chi connectivity index (χ1v) is 9.94. The molecule has 0 N–H and O–H groups in total. The quantitative estimate of drug-likeness (QED) is 0.273. The molecule has 182 valence electrons. The first-order valence-electron chi connectivity index (χ1n) is 9.94. The second-order valence-corrected chi connectivity index (χ2v) is 7.42. The summed E-state index contributed by atoms with van der Waals surface area (Å²) in [6.07, 6.45) is -5.22. The molecule has 34 heavy (non-hydrogen) atoms. The first kappa shape index (κ1) is 25.0. The maximum absolute atomic E-state index is 13.2. The van der Waals surface area contributed by atoms with E-state index in [2.05, 4.69) is 15.2 Å². The van der Waals surface area contributed by atoms with Gasteiger partial charge in [-0.15, -0.1) is 5.10 Å². The van der Waals surface area contributed by atoms with Crippen molar-refractivity contribution in [3.8, 4) is 11.4 Å². The Morgan fingerprint density at radius 1 is 1.09 bits per heavy atom. The number of halogens is 6. The molecule has 0 aliphatic carbocycles. The number of nitrogens with zero attached hydrogens (tertiary/aromatic N) is 5. The monoisotopic (exact) mass is 487 g/mol. The lowest BCUT2D eigenvalue weighted by molar-refractivity contribution is -0.143. The highest BCUT2D eigenvalue weighted by molar-refractivity contribution is 6.20. The molecule has 2 aromatic heterocycles. The van der Waals surface area contributed by atoms with Crippen LogP contribution in [0.2, 0.25) is 0 Å². The van der Waals surface area contributed by atoms with Gasteiger partial charge in [0, 0.05) is 30.1 Å². The van der Waals surface area contributed by atoms with E-state index >= 15 is 0 Å². The summed E-state index contributed by atoms with van der Waals surface area (Å²) in [5, 5.41) is 8.03. The van der Waals surface area contributed by atoms with E-state index in [0.29, 0.717) is 24.2 Å². The van der Waals surface area contributed by atoms with E-state index in [0.717, 1.165) is 11.0 Å². The zero-order valence-electron chi connectivity index (χ0n) is 18.1. The topological polar surface area (TPSA) is 74.8 Å². The standard InChI is InChI=1S/C21H19F6N5O2/c1-4-31-9-14(8-29-31)17(19(33)34-12(2)3)10-32-11-28-18(30-32)13-5-15(20(22,23)24)7-16(6-13)21(25,26)27/h5-12H,4H2,1-3H3/b17-10+. The molecular weight excluding hydrogens is 468 g/mol. The number of esters is 1. The summed E-state index contributed by atoms with van der Waals surface area (Å²) in [6, 6.07) is 1.07. The largest absolute Gasteiger partial charge is 0.459 e. The van der Waals surface area contributed by atoms with Gasteiger partial charge >= 0.3 is 18.3 Å². The van der Waals surface area contributed by atoms with Crippen LogP contribution in [-0.4, -0.2) is 36.6 Å². The number of carbonyl (C=O) groups is 1. The lowest BCUT2D eigenvalue weighted by Crippen LogP contribution is -2.13. The highest BCUT2D eigenvalue weighted by atomic mass is 19.4. The molecule has 0 atom stereocenters. The number of aryl methyl sites for hydroxylation is 1. The fourth-order valence-corrected chi connectivity index (χ4v) is 2.88. The Labute approximate surface area is 189 Å².